The van der Waals surface area contributed by atoms with Crippen molar-refractivity contribution in [2.45, 2.75) is 39.0 Å². The third-order valence-corrected chi connectivity index (χ3v) is 7.96. The predicted octanol–water partition coefficient (Wildman–Crippen LogP) is 7.01. The maximum Gasteiger partial charge on any atom is 0.255 e. The van der Waals surface area contributed by atoms with E-state index in [1.54, 1.807) is 24.8 Å². The minimum atomic E-state index is -0.146. The zero-order valence-corrected chi connectivity index (χ0v) is 24.7. The summed E-state index contributed by atoms with van der Waals surface area (Å²) < 4.78 is 5.40. The van der Waals surface area contributed by atoms with E-state index in [4.69, 9.17) is 9.51 Å². The van der Waals surface area contributed by atoms with Crippen LogP contribution in [0.25, 0.3) is 22.6 Å². The minimum absolute atomic E-state index is 0.146. The summed E-state index contributed by atoms with van der Waals surface area (Å²) >= 11 is 0. The van der Waals surface area contributed by atoms with E-state index < -0.39 is 0 Å². The van der Waals surface area contributed by atoms with Gasteiger partial charge in [0.1, 0.15) is 0 Å². The molecule has 0 spiro atoms. The molecule has 43 heavy (non-hydrogen) atoms. The van der Waals surface area contributed by atoms with Crippen LogP contribution in [0.5, 0.6) is 0 Å². The summed E-state index contributed by atoms with van der Waals surface area (Å²) in [6.45, 7) is 6.15. The Labute approximate surface area is 251 Å². The van der Waals surface area contributed by atoms with Crippen molar-refractivity contribution in [3.05, 3.63) is 102 Å². The molecule has 218 valence electrons. The van der Waals surface area contributed by atoms with E-state index >= 15 is 0 Å². The monoisotopic (exact) mass is 573 g/mol. The van der Waals surface area contributed by atoms with Gasteiger partial charge in [0.2, 0.25) is 5.95 Å². The third-order valence-electron chi connectivity index (χ3n) is 7.96. The first-order valence-corrected chi connectivity index (χ1v) is 14.6. The van der Waals surface area contributed by atoms with E-state index in [0.29, 0.717) is 34.6 Å². The van der Waals surface area contributed by atoms with Gasteiger partial charge in [0.05, 0.1) is 11.9 Å². The average molecular weight is 574 g/mol. The summed E-state index contributed by atoms with van der Waals surface area (Å²) in [7, 11) is 2.19. The molecule has 0 aliphatic carbocycles. The highest BCUT2D eigenvalue weighted by Crippen LogP contribution is 2.29. The van der Waals surface area contributed by atoms with Crippen LogP contribution in [0.4, 0.5) is 17.3 Å². The minimum Gasteiger partial charge on any atom is -0.356 e. The van der Waals surface area contributed by atoms with Gasteiger partial charge in [0.15, 0.2) is 5.76 Å². The lowest BCUT2D eigenvalue weighted by Crippen LogP contribution is -2.23. The van der Waals surface area contributed by atoms with E-state index in [1.165, 1.54) is 24.8 Å². The number of nitrogens with zero attached hydrogens (tertiary/aromatic N) is 5. The number of aryl methyl sites for hydroxylation is 2. The summed E-state index contributed by atoms with van der Waals surface area (Å²) in [6.07, 6.45) is 10.6. The zero-order chi connectivity index (χ0) is 29.8. The Bertz CT molecular complexity index is 1730. The largest absolute Gasteiger partial charge is 0.356 e. The summed E-state index contributed by atoms with van der Waals surface area (Å²) in [5.74, 6) is 1.48. The summed E-state index contributed by atoms with van der Waals surface area (Å²) in [5, 5.41) is 10.2. The predicted molar refractivity (Wildman–Crippen MR) is 168 cm³/mol. The number of aromatic nitrogens is 4. The molecule has 0 bridgehead atoms. The number of pyridine rings is 1. The van der Waals surface area contributed by atoms with Gasteiger partial charge >= 0.3 is 0 Å². The molecule has 5 aromatic rings. The van der Waals surface area contributed by atoms with E-state index in [9.17, 15) is 4.79 Å². The van der Waals surface area contributed by atoms with Crippen LogP contribution in [-0.4, -0.2) is 51.1 Å². The molecular formula is C34H35N7O2. The molecule has 9 heteroatoms. The number of carbonyl (C=O) groups excluding carboxylic acids is 1. The van der Waals surface area contributed by atoms with Crippen molar-refractivity contribution in [1.29, 1.82) is 0 Å². The van der Waals surface area contributed by atoms with Crippen LogP contribution in [0.2, 0.25) is 0 Å². The number of nitrogens with one attached hydrogen (secondary N) is 2. The number of hydrogen-bond acceptors (Lipinski definition) is 8. The number of likely N-dealkylation sites (N-methyl/N-ethyl adjacent to an activating group) is 1. The Morgan fingerprint density at radius 3 is 2.60 bits per heavy atom. The highest BCUT2D eigenvalue weighted by atomic mass is 16.5. The third kappa shape index (κ3) is 6.62. The first kappa shape index (κ1) is 28.2. The molecule has 6 rings (SSSR count). The summed E-state index contributed by atoms with van der Waals surface area (Å²) in [4.78, 5) is 29.0. The number of amides is 1. The summed E-state index contributed by atoms with van der Waals surface area (Å²) in [6, 6.07) is 17.6. The molecule has 1 amide bonds. The second-order valence-electron chi connectivity index (χ2n) is 11.3. The van der Waals surface area contributed by atoms with Crippen molar-refractivity contribution in [3.8, 4) is 22.6 Å². The smallest absolute Gasteiger partial charge is 0.255 e. The molecule has 9 nitrogen and oxygen atoms in total. The Kier molecular flexibility index (Phi) is 8.24. The van der Waals surface area contributed by atoms with E-state index in [1.807, 2.05) is 56.3 Å². The Morgan fingerprint density at radius 1 is 0.953 bits per heavy atom. The van der Waals surface area contributed by atoms with Gasteiger partial charge in [-0.15, -0.1) is 0 Å². The molecule has 1 unspecified atom stereocenters. The van der Waals surface area contributed by atoms with Crippen molar-refractivity contribution in [3.63, 3.8) is 0 Å². The van der Waals surface area contributed by atoms with Gasteiger partial charge in [-0.3, -0.25) is 9.78 Å². The second kappa shape index (κ2) is 12.5. The van der Waals surface area contributed by atoms with Gasteiger partial charge in [-0.2, -0.15) is 0 Å². The van der Waals surface area contributed by atoms with Gasteiger partial charge in [0.25, 0.3) is 5.91 Å². The number of anilines is 3. The molecule has 1 fully saturated rings. The molecule has 4 heterocycles. The maximum absolute atomic E-state index is 13.1. The fraction of sp³-hybridized carbons (Fsp3) is 0.265. The number of benzene rings is 2. The molecule has 0 saturated carbocycles. The van der Waals surface area contributed by atoms with Gasteiger partial charge in [-0.1, -0.05) is 29.8 Å². The fourth-order valence-corrected chi connectivity index (χ4v) is 5.52. The molecule has 3 aromatic heterocycles. The Balaban J connectivity index is 1.15. The summed E-state index contributed by atoms with van der Waals surface area (Å²) in [5.41, 5.74) is 7.71. The highest BCUT2D eigenvalue weighted by molar-refractivity contribution is 6.04. The van der Waals surface area contributed by atoms with Crippen LogP contribution in [0.3, 0.4) is 0 Å². The van der Waals surface area contributed by atoms with Gasteiger partial charge in [-0.05, 0) is 93.7 Å². The van der Waals surface area contributed by atoms with Crippen molar-refractivity contribution < 1.29 is 9.32 Å². The maximum atomic E-state index is 13.1. The van der Waals surface area contributed by atoms with E-state index in [-0.39, 0.29) is 5.91 Å². The molecule has 1 atom stereocenters. The molecular weight excluding hydrogens is 538 g/mol. The Morgan fingerprint density at radius 2 is 1.79 bits per heavy atom. The highest BCUT2D eigenvalue weighted by Gasteiger charge is 2.18. The van der Waals surface area contributed by atoms with Crippen molar-refractivity contribution in [1.82, 2.24) is 25.0 Å². The molecule has 2 aromatic carbocycles. The van der Waals surface area contributed by atoms with Crippen LogP contribution >= 0.6 is 0 Å². The van der Waals surface area contributed by atoms with Gasteiger partial charge in [0, 0.05) is 58.8 Å². The lowest BCUT2D eigenvalue weighted by molar-refractivity contribution is 0.102. The fourth-order valence-electron chi connectivity index (χ4n) is 5.52. The van der Waals surface area contributed by atoms with Crippen LogP contribution in [0.1, 0.15) is 52.2 Å². The number of rotatable bonds is 7. The normalized spacial score (nSPS) is 15.6. The molecule has 1 aliphatic rings. The quantitative estimate of drug-likeness (QED) is 0.214. The average Bonchev–Trinajstić information content (AvgIpc) is 3.34. The second-order valence-corrected chi connectivity index (χ2v) is 11.3. The van der Waals surface area contributed by atoms with Crippen molar-refractivity contribution >= 4 is 23.2 Å². The number of carbonyl (C=O) groups is 1. The van der Waals surface area contributed by atoms with Crippen molar-refractivity contribution in [2.75, 3.05) is 30.8 Å². The van der Waals surface area contributed by atoms with E-state index in [0.717, 1.165) is 41.0 Å². The SMILES string of the molecule is Cc1ccc(NC(=O)c2ccc(C3CCCCN(C)C3)cc2)cc1Nc1nccc(-c2cncc(-c3oncc3C)c2)n1. The van der Waals surface area contributed by atoms with Crippen LogP contribution in [-0.2, 0) is 0 Å². The first-order chi connectivity index (χ1) is 20.9. The van der Waals surface area contributed by atoms with E-state index in [2.05, 4.69) is 49.8 Å². The van der Waals surface area contributed by atoms with Crippen LogP contribution in [0, 0.1) is 13.8 Å². The molecule has 0 radical (unpaired) electrons. The van der Waals surface area contributed by atoms with Gasteiger partial charge < -0.3 is 20.1 Å². The lowest BCUT2D eigenvalue weighted by atomic mass is 9.93. The standard InChI is InChI=1S/C34H35N7O2/c1-22-7-12-29(38-33(42)25-10-8-24(9-11-25)26-6-4-5-15-41(3)21-26)17-31(22)40-34-36-14-13-30(39-34)27-16-28(20-35-19-27)32-23(2)18-37-43-32/h7-14,16-20,26H,4-6,15,21H2,1-3H3,(H,38,42)(H,36,39,40). The number of hydrogen-bond donors (Lipinski definition) is 2. The number of likely N-dealkylation sites (tertiary alicyclic amines) is 1. The Hall–Kier alpha value is -4.89. The molecule has 1 saturated heterocycles. The van der Waals surface area contributed by atoms with Gasteiger partial charge in [-0.25, -0.2) is 9.97 Å². The topological polar surface area (TPSA) is 109 Å². The van der Waals surface area contributed by atoms with Crippen LogP contribution in [0.15, 0.2) is 83.9 Å². The molecule has 2 N–H and O–H groups in total. The first-order valence-electron chi connectivity index (χ1n) is 14.6. The lowest BCUT2D eigenvalue weighted by Gasteiger charge is -2.20. The molecule has 1 aliphatic heterocycles. The zero-order valence-electron chi connectivity index (χ0n) is 24.7. The van der Waals surface area contributed by atoms with Crippen LogP contribution < -0.4 is 10.6 Å². The van der Waals surface area contributed by atoms with Crippen molar-refractivity contribution in [2.24, 2.45) is 0 Å².